The van der Waals surface area contributed by atoms with E-state index in [2.05, 4.69) is 0 Å². The van der Waals surface area contributed by atoms with Gasteiger partial charge in [0, 0.05) is 26.1 Å². The molecule has 1 aliphatic carbocycles. The highest BCUT2D eigenvalue weighted by molar-refractivity contribution is 5.68. The van der Waals surface area contributed by atoms with Gasteiger partial charge in [0.1, 0.15) is 5.60 Å². The standard InChI is InChI=1S/C12H22F2N2O2/c1-8(11(7-15)6-12(11,13)14)16(5)9(17)18-10(2,3)4/h8H,6-7,15H2,1-5H3. The van der Waals surface area contributed by atoms with Gasteiger partial charge in [-0.2, -0.15) is 0 Å². The van der Waals surface area contributed by atoms with Gasteiger partial charge < -0.3 is 15.4 Å². The predicted molar refractivity (Wildman–Crippen MR) is 64.5 cm³/mol. The van der Waals surface area contributed by atoms with Gasteiger partial charge in [-0.3, -0.25) is 0 Å². The third-order valence-electron chi connectivity index (χ3n) is 3.57. The van der Waals surface area contributed by atoms with Crippen molar-refractivity contribution in [2.24, 2.45) is 11.1 Å². The van der Waals surface area contributed by atoms with E-state index in [9.17, 15) is 13.6 Å². The molecule has 0 saturated heterocycles. The molecule has 0 heterocycles. The lowest BCUT2D eigenvalue weighted by atomic mass is 9.96. The molecule has 0 aromatic rings. The maximum atomic E-state index is 13.4. The van der Waals surface area contributed by atoms with Crippen molar-refractivity contribution in [2.75, 3.05) is 13.6 Å². The summed E-state index contributed by atoms with van der Waals surface area (Å²) in [7, 11) is 1.46. The van der Waals surface area contributed by atoms with Crippen molar-refractivity contribution in [3.05, 3.63) is 0 Å². The van der Waals surface area contributed by atoms with E-state index in [1.165, 1.54) is 11.9 Å². The Hall–Kier alpha value is -0.910. The van der Waals surface area contributed by atoms with Gasteiger partial charge in [0.05, 0.1) is 5.41 Å². The van der Waals surface area contributed by atoms with E-state index in [-0.39, 0.29) is 13.0 Å². The summed E-state index contributed by atoms with van der Waals surface area (Å²) in [5, 5.41) is 0. The third kappa shape index (κ3) is 2.58. The molecule has 0 radical (unpaired) electrons. The van der Waals surface area contributed by atoms with E-state index in [0.717, 1.165) is 0 Å². The van der Waals surface area contributed by atoms with Crippen molar-refractivity contribution in [3.63, 3.8) is 0 Å². The van der Waals surface area contributed by atoms with Crippen molar-refractivity contribution in [3.8, 4) is 0 Å². The molecule has 1 fully saturated rings. The Morgan fingerprint density at radius 2 is 1.94 bits per heavy atom. The van der Waals surface area contributed by atoms with E-state index >= 15 is 0 Å². The van der Waals surface area contributed by atoms with Crippen LogP contribution in [0.25, 0.3) is 0 Å². The zero-order valence-corrected chi connectivity index (χ0v) is 11.6. The summed E-state index contributed by atoms with van der Waals surface area (Å²) < 4.78 is 32.0. The largest absolute Gasteiger partial charge is 0.444 e. The molecule has 2 unspecified atom stereocenters. The number of hydrogen-bond acceptors (Lipinski definition) is 3. The van der Waals surface area contributed by atoms with Crippen molar-refractivity contribution in [1.29, 1.82) is 0 Å². The topological polar surface area (TPSA) is 55.6 Å². The van der Waals surface area contributed by atoms with Crippen LogP contribution in [-0.4, -0.2) is 42.2 Å². The molecule has 0 aromatic carbocycles. The number of rotatable bonds is 3. The first-order valence-electron chi connectivity index (χ1n) is 6.00. The summed E-state index contributed by atoms with van der Waals surface area (Å²) in [6.45, 7) is 6.63. The zero-order valence-electron chi connectivity index (χ0n) is 11.6. The Kier molecular flexibility index (Phi) is 3.64. The molecule has 6 heteroatoms. The Bertz CT molecular complexity index is 341. The molecular formula is C12H22F2N2O2. The van der Waals surface area contributed by atoms with Gasteiger partial charge in [0.25, 0.3) is 5.92 Å². The molecule has 0 bridgehead atoms. The van der Waals surface area contributed by atoms with E-state index in [4.69, 9.17) is 10.5 Å². The third-order valence-corrected chi connectivity index (χ3v) is 3.57. The predicted octanol–water partition coefficient (Wildman–Crippen LogP) is 2.23. The SMILES string of the molecule is CC(N(C)C(=O)OC(C)(C)C)C1(CN)CC1(F)F. The Morgan fingerprint density at radius 1 is 1.50 bits per heavy atom. The first kappa shape index (κ1) is 15.1. The average Bonchev–Trinajstić information content (AvgIpc) is 2.77. The quantitative estimate of drug-likeness (QED) is 0.850. The maximum absolute atomic E-state index is 13.4. The number of alkyl halides is 2. The van der Waals surface area contributed by atoms with Crippen molar-refractivity contribution < 1.29 is 18.3 Å². The lowest BCUT2D eigenvalue weighted by Crippen LogP contribution is -2.47. The lowest BCUT2D eigenvalue weighted by Gasteiger charge is -2.33. The van der Waals surface area contributed by atoms with Crippen LogP contribution in [0.4, 0.5) is 13.6 Å². The van der Waals surface area contributed by atoms with E-state index in [1.807, 2.05) is 0 Å². The first-order chi connectivity index (χ1) is 7.97. The van der Waals surface area contributed by atoms with Gasteiger partial charge in [0.15, 0.2) is 0 Å². The fraction of sp³-hybridized carbons (Fsp3) is 0.917. The summed E-state index contributed by atoms with van der Waals surface area (Å²) in [5.41, 5.74) is 3.50. The Morgan fingerprint density at radius 3 is 2.22 bits per heavy atom. The number of carbonyl (C=O) groups excluding carboxylic acids is 1. The average molecular weight is 264 g/mol. The second kappa shape index (κ2) is 4.33. The number of nitrogens with zero attached hydrogens (tertiary/aromatic N) is 1. The fourth-order valence-corrected chi connectivity index (χ4v) is 2.06. The number of nitrogens with two attached hydrogens (primary N) is 1. The van der Waals surface area contributed by atoms with Gasteiger partial charge in [-0.15, -0.1) is 0 Å². The fourth-order valence-electron chi connectivity index (χ4n) is 2.06. The van der Waals surface area contributed by atoms with Crippen LogP contribution < -0.4 is 5.73 Å². The molecule has 2 N–H and O–H groups in total. The number of halogens is 2. The van der Waals surface area contributed by atoms with Crippen molar-refractivity contribution in [2.45, 2.75) is 51.7 Å². The minimum atomic E-state index is -2.79. The Labute approximate surface area is 106 Å². The van der Waals surface area contributed by atoms with Gasteiger partial charge in [-0.25, -0.2) is 13.6 Å². The molecular weight excluding hydrogens is 242 g/mol. The number of ether oxygens (including phenoxy) is 1. The normalized spacial score (nSPS) is 27.6. The van der Waals surface area contributed by atoms with E-state index in [1.54, 1.807) is 27.7 Å². The summed E-state index contributed by atoms with van der Waals surface area (Å²) in [6.07, 6.45) is -0.879. The summed E-state index contributed by atoms with van der Waals surface area (Å²) in [6, 6.07) is -0.660. The Balaban J connectivity index is 2.73. The highest BCUT2D eigenvalue weighted by atomic mass is 19.3. The number of carbonyl (C=O) groups is 1. The molecule has 0 spiro atoms. The molecule has 106 valence electrons. The summed E-state index contributed by atoms with van der Waals surface area (Å²) in [5.74, 6) is -2.79. The van der Waals surface area contributed by atoms with Crippen LogP contribution in [0, 0.1) is 5.41 Å². The van der Waals surface area contributed by atoms with Gasteiger partial charge in [0.2, 0.25) is 0 Å². The summed E-state index contributed by atoms with van der Waals surface area (Å²) in [4.78, 5) is 13.0. The monoisotopic (exact) mass is 264 g/mol. The van der Waals surface area contributed by atoms with Gasteiger partial charge >= 0.3 is 6.09 Å². The minimum absolute atomic E-state index is 0.145. The smallest absolute Gasteiger partial charge is 0.410 e. The van der Waals surface area contributed by atoms with Crippen LogP contribution in [-0.2, 0) is 4.74 Å². The van der Waals surface area contributed by atoms with Crippen LogP contribution in [0.15, 0.2) is 0 Å². The van der Waals surface area contributed by atoms with Crippen LogP contribution >= 0.6 is 0 Å². The molecule has 2 atom stereocenters. The van der Waals surface area contributed by atoms with Gasteiger partial charge in [-0.05, 0) is 27.7 Å². The second-order valence-corrected chi connectivity index (χ2v) is 6.01. The van der Waals surface area contributed by atoms with Gasteiger partial charge in [-0.1, -0.05) is 0 Å². The van der Waals surface area contributed by atoms with Crippen LogP contribution in [0.1, 0.15) is 34.1 Å². The molecule has 0 aliphatic heterocycles. The summed E-state index contributed by atoms with van der Waals surface area (Å²) >= 11 is 0. The number of amides is 1. The molecule has 18 heavy (non-hydrogen) atoms. The highest BCUT2D eigenvalue weighted by Gasteiger charge is 2.73. The van der Waals surface area contributed by atoms with Crippen LogP contribution in [0.2, 0.25) is 0 Å². The van der Waals surface area contributed by atoms with Crippen LogP contribution in [0.3, 0.4) is 0 Å². The minimum Gasteiger partial charge on any atom is -0.444 e. The van der Waals surface area contributed by atoms with E-state index < -0.39 is 29.1 Å². The van der Waals surface area contributed by atoms with Crippen molar-refractivity contribution in [1.82, 2.24) is 4.90 Å². The molecule has 1 rings (SSSR count). The zero-order chi connectivity index (χ0) is 14.4. The number of hydrogen-bond donors (Lipinski definition) is 1. The molecule has 4 nitrogen and oxygen atoms in total. The maximum Gasteiger partial charge on any atom is 0.410 e. The highest BCUT2D eigenvalue weighted by Crippen LogP contribution is 2.62. The van der Waals surface area contributed by atoms with Crippen LogP contribution in [0.5, 0.6) is 0 Å². The van der Waals surface area contributed by atoms with Crippen molar-refractivity contribution >= 4 is 6.09 Å². The molecule has 1 amide bonds. The lowest BCUT2D eigenvalue weighted by molar-refractivity contribution is -0.00126. The van der Waals surface area contributed by atoms with E-state index in [0.29, 0.717) is 0 Å². The second-order valence-electron chi connectivity index (χ2n) is 6.01. The molecule has 1 aliphatic rings. The first-order valence-corrected chi connectivity index (χ1v) is 6.00. The molecule has 1 saturated carbocycles. The molecule has 0 aromatic heterocycles.